The number of fused-ring (bicyclic) bond motifs is 1. The molecule has 9 nitrogen and oxygen atoms in total. The number of hydrogen-bond donors (Lipinski definition) is 3. The van der Waals surface area contributed by atoms with Crippen LogP contribution in [0.15, 0.2) is 72.4 Å². The quantitative estimate of drug-likeness (QED) is 0.292. The van der Waals surface area contributed by atoms with Crippen molar-refractivity contribution in [3.8, 4) is 11.8 Å². The highest BCUT2D eigenvalue weighted by Gasteiger charge is 2.37. The van der Waals surface area contributed by atoms with E-state index >= 15 is 0 Å². The van der Waals surface area contributed by atoms with E-state index in [0.717, 1.165) is 31.5 Å². The second-order valence-corrected chi connectivity index (χ2v) is 11.1. The van der Waals surface area contributed by atoms with Crippen LogP contribution in [-0.4, -0.2) is 51.7 Å². The lowest BCUT2D eigenvalue weighted by atomic mass is 10.0. The SMILES string of the molecule is O=C(NC1CCNCC1)c1ncc(C#Cc2ccc3c(c2)C(=O)N(C(C(=O)Nc2nccs2)c2ccccc2)C3)cc1F. The molecule has 11 heteroatoms. The molecule has 2 aliphatic heterocycles. The van der Waals surface area contributed by atoms with Crippen LogP contribution in [0, 0.1) is 17.7 Å². The van der Waals surface area contributed by atoms with E-state index in [0.29, 0.717) is 27.4 Å². The van der Waals surface area contributed by atoms with Gasteiger partial charge in [-0.1, -0.05) is 48.2 Å². The van der Waals surface area contributed by atoms with Crippen molar-refractivity contribution >= 4 is 34.2 Å². The summed E-state index contributed by atoms with van der Waals surface area (Å²) in [4.78, 5) is 49.2. The number of carbonyl (C=O) groups excluding carboxylic acids is 3. The zero-order valence-corrected chi connectivity index (χ0v) is 23.8. The molecule has 2 aromatic carbocycles. The van der Waals surface area contributed by atoms with Gasteiger partial charge in [0.05, 0.1) is 0 Å². The molecule has 3 amide bonds. The minimum Gasteiger partial charge on any atom is -0.348 e. The summed E-state index contributed by atoms with van der Waals surface area (Å²) in [6.07, 6.45) is 4.53. The second-order valence-electron chi connectivity index (χ2n) is 10.2. The summed E-state index contributed by atoms with van der Waals surface area (Å²) in [5.74, 6) is 3.89. The van der Waals surface area contributed by atoms with E-state index in [-0.39, 0.29) is 30.1 Å². The lowest BCUT2D eigenvalue weighted by Crippen LogP contribution is -2.43. The predicted molar refractivity (Wildman–Crippen MR) is 160 cm³/mol. The molecule has 1 fully saturated rings. The monoisotopic (exact) mass is 594 g/mol. The van der Waals surface area contributed by atoms with E-state index in [1.165, 1.54) is 28.5 Å². The Labute approximate surface area is 251 Å². The number of benzene rings is 2. The van der Waals surface area contributed by atoms with E-state index in [1.807, 2.05) is 36.4 Å². The molecule has 0 radical (unpaired) electrons. The highest BCUT2D eigenvalue weighted by Crippen LogP contribution is 2.33. The minimum absolute atomic E-state index is 0.0109. The molecule has 2 aliphatic rings. The fourth-order valence-electron chi connectivity index (χ4n) is 5.21. The number of pyridine rings is 1. The van der Waals surface area contributed by atoms with Crippen molar-refractivity contribution in [1.82, 2.24) is 25.5 Å². The van der Waals surface area contributed by atoms with E-state index in [2.05, 4.69) is 37.8 Å². The van der Waals surface area contributed by atoms with Gasteiger partial charge in [0.2, 0.25) is 0 Å². The van der Waals surface area contributed by atoms with Crippen LogP contribution in [0.25, 0.3) is 0 Å². The normalized spacial score (nSPS) is 15.3. The van der Waals surface area contributed by atoms with Crippen LogP contribution < -0.4 is 16.0 Å². The first-order valence-corrected chi connectivity index (χ1v) is 14.7. The molecule has 216 valence electrons. The smallest absolute Gasteiger partial charge is 0.273 e. The van der Waals surface area contributed by atoms with Crippen molar-refractivity contribution < 1.29 is 18.8 Å². The highest BCUT2D eigenvalue weighted by molar-refractivity contribution is 7.13. The first kappa shape index (κ1) is 28.2. The fraction of sp³-hybridized carbons (Fsp3) is 0.219. The van der Waals surface area contributed by atoms with Crippen molar-refractivity contribution in [2.45, 2.75) is 31.5 Å². The number of rotatable bonds is 6. The molecule has 4 heterocycles. The summed E-state index contributed by atoms with van der Waals surface area (Å²) in [5.41, 5.74) is 2.48. The van der Waals surface area contributed by atoms with Gasteiger partial charge in [-0.2, -0.15) is 0 Å². The Morgan fingerprint density at radius 2 is 1.84 bits per heavy atom. The van der Waals surface area contributed by atoms with Crippen LogP contribution in [0.2, 0.25) is 0 Å². The van der Waals surface area contributed by atoms with Gasteiger partial charge in [-0.25, -0.2) is 14.4 Å². The van der Waals surface area contributed by atoms with Crippen LogP contribution in [0.5, 0.6) is 0 Å². The third-order valence-electron chi connectivity index (χ3n) is 7.36. The Bertz CT molecular complexity index is 1730. The Kier molecular flexibility index (Phi) is 8.22. The summed E-state index contributed by atoms with van der Waals surface area (Å²) < 4.78 is 14.8. The molecule has 1 atom stereocenters. The van der Waals surface area contributed by atoms with E-state index in [1.54, 1.807) is 23.7 Å². The predicted octanol–water partition coefficient (Wildman–Crippen LogP) is 3.89. The molecule has 6 rings (SSSR count). The van der Waals surface area contributed by atoms with Gasteiger partial charge < -0.3 is 15.5 Å². The van der Waals surface area contributed by atoms with Crippen LogP contribution in [-0.2, 0) is 11.3 Å². The van der Waals surface area contributed by atoms with Crippen LogP contribution in [0.1, 0.15) is 62.0 Å². The number of hydrogen-bond acceptors (Lipinski definition) is 7. The molecule has 0 spiro atoms. The van der Waals surface area contributed by atoms with Crippen molar-refractivity contribution in [2.75, 3.05) is 18.4 Å². The summed E-state index contributed by atoms with van der Waals surface area (Å²) in [7, 11) is 0. The summed E-state index contributed by atoms with van der Waals surface area (Å²) >= 11 is 1.30. The van der Waals surface area contributed by atoms with Gasteiger partial charge in [-0.05, 0) is 55.3 Å². The number of nitrogens with one attached hydrogen (secondary N) is 3. The molecule has 0 aliphatic carbocycles. The standard InChI is InChI=1S/C32H27FN6O3S/c33-26-17-21(18-36-27(26)29(40)37-24-10-12-34-13-11-24)7-6-20-8-9-23-19-39(31(42)25(23)16-20)28(22-4-2-1-3-5-22)30(41)38-32-35-14-15-43-32/h1-5,8-9,14-18,24,28,34H,10-13,19H2,(H,37,40)(H,35,38,41). The van der Waals surface area contributed by atoms with E-state index in [9.17, 15) is 18.8 Å². The third kappa shape index (κ3) is 6.30. The van der Waals surface area contributed by atoms with E-state index in [4.69, 9.17) is 0 Å². The number of amides is 3. The van der Waals surface area contributed by atoms with Crippen LogP contribution in [0.4, 0.5) is 9.52 Å². The van der Waals surface area contributed by atoms with Crippen molar-refractivity contribution in [1.29, 1.82) is 0 Å². The largest absolute Gasteiger partial charge is 0.348 e. The highest BCUT2D eigenvalue weighted by atomic mass is 32.1. The third-order valence-corrected chi connectivity index (χ3v) is 8.05. The first-order valence-electron chi connectivity index (χ1n) is 13.8. The van der Waals surface area contributed by atoms with Crippen molar-refractivity contribution in [3.63, 3.8) is 0 Å². The Balaban J connectivity index is 1.19. The van der Waals surface area contributed by atoms with Gasteiger partial charge in [0.1, 0.15) is 6.04 Å². The van der Waals surface area contributed by atoms with Crippen LogP contribution >= 0.6 is 11.3 Å². The lowest BCUT2D eigenvalue weighted by Gasteiger charge is -2.27. The number of aromatic nitrogens is 2. The topological polar surface area (TPSA) is 116 Å². The number of anilines is 1. The molecule has 4 aromatic rings. The van der Waals surface area contributed by atoms with Crippen LogP contribution in [0.3, 0.4) is 0 Å². The van der Waals surface area contributed by atoms with Gasteiger partial charge in [0.25, 0.3) is 17.7 Å². The molecule has 0 bridgehead atoms. The molecule has 43 heavy (non-hydrogen) atoms. The van der Waals surface area contributed by atoms with Gasteiger partial charge >= 0.3 is 0 Å². The zero-order valence-electron chi connectivity index (χ0n) is 23.0. The number of carbonyl (C=O) groups is 3. The number of nitrogens with zero attached hydrogens (tertiary/aromatic N) is 3. The van der Waals surface area contributed by atoms with Crippen molar-refractivity contribution in [3.05, 3.63) is 112 Å². The maximum absolute atomic E-state index is 14.8. The summed E-state index contributed by atoms with van der Waals surface area (Å²) in [5, 5.41) is 11.1. The van der Waals surface area contributed by atoms with E-state index < -0.39 is 17.8 Å². The molecule has 3 N–H and O–H groups in total. The molecule has 1 saturated heterocycles. The number of piperidine rings is 1. The Hall–Kier alpha value is -4.92. The second kappa shape index (κ2) is 12.5. The fourth-order valence-corrected chi connectivity index (χ4v) is 5.75. The molecular weight excluding hydrogens is 567 g/mol. The Morgan fingerprint density at radius 1 is 1.05 bits per heavy atom. The average Bonchev–Trinajstić information content (AvgIpc) is 3.65. The number of halogens is 1. The first-order chi connectivity index (χ1) is 21.0. The molecule has 0 saturated carbocycles. The summed E-state index contributed by atoms with van der Waals surface area (Å²) in [6, 6.07) is 14.7. The van der Waals surface area contributed by atoms with Crippen molar-refractivity contribution in [2.24, 2.45) is 0 Å². The minimum atomic E-state index is -0.862. The van der Waals surface area contributed by atoms with Gasteiger partial charge in [0, 0.05) is 47.1 Å². The molecular formula is C32H27FN6O3S. The van der Waals surface area contributed by atoms with Gasteiger partial charge in [0.15, 0.2) is 16.6 Å². The van der Waals surface area contributed by atoms with Gasteiger partial charge in [-0.3, -0.25) is 19.7 Å². The maximum atomic E-state index is 14.8. The van der Waals surface area contributed by atoms with Gasteiger partial charge in [-0.15, -0.1) is 11.3 Å². The number of thiazole rings is 1. The summed E-state index contributed by atoms with van der Waals surface area (Å²) in [6.45, 7) is 1.86. The molecule has 1 unspecified atom stereocenters. The maximum Gasteiger partial charge on any atom is 0.273 e. The average molecular weight is 595 g/mol. The molecule has 2 aromatic heterocycles. The lowest BCUT2D eigenvalue weighted by molar-refractivity contribution is -0.120. The zero-order chi connectivity index (χ0) is 29.8. The Morgan fingerprint density at radius 3 is 2.58 bits per heavy atom.